The van der Waals surface area contributed by atoms with E-state index in [0.717, 1.165) is 62.8 Å². The number of piperidine rings is 1. The Morgan fingerprint density at radius 2 is 2.19 bits per heavy atom. The Kier molecular flexibility index (Phi) is 6.06. The van der Waals surface area contributed by atoms with E-state index in [1.165, 1.54) is 6.07 Å². The lowest BCUT2D eigenvalue weighted by Gasteiger charge is -2.35. The summed E-state index contributed by atoms with van der Waals surface area (Å²) in [5.41, 5.74) is 0.101. The standard InChI is InChI=1S/C17H20F2N4OS.ClH/c18-11-6-13(19)15-14(7-11)25-17(21-15)22-16(24)10-2-1-5-23(9-10)12-3-4-20-8-12;/h6-7,10,12,20H,1-5,8-9H2,(H,21,22,24);1H. The fourth-order valence-electron chi connectivity index (χ4n) is 3.72. The van der Waals surface area contributed by atoms with Crippen molar-refractivity contribution in [2.45, 2.75) is 25.3 Å². The summed E-state index contributed by atoms with van der Waals surface area (Å²) in [4.78, 5) is 19.1. The van der Waals surface area contributed by atoms with E-state index in [1.54, 1.807) is 0 Å². The van der Waals surface area contributed by atoms with Gasteiger partial charge in [-0.15, -0.1) is 12.4 Å². The van der Waals surface area contributed by atoms with Gasteiger partial charge < -0.3 is 10.6 Å². The Balaban J connectivity index is 0.00000196. The number of nitrogens with one attached hydrogen (secondary N) is 2. The number of nitrogens with zero attached hydrogens (tertiary/aromatic N) is 2. The van der Waals surface area contributed by atoms with Crippen LogP contribution in [0.4, 0.5) is 13.9 Å². The molecular weight excluding hydrogens is 382 g/mol. The monoisotopic (exact) mass is 402 g/mol. The SMILES string of the molecule is Cl.O=C(Nc1nc2c(F)cc(F)cc2s1)C1CCCN(C2CCNC2)C1. The molecule has 0 saturated carbocycles. The van der Waals surface area contributed by atoms with E-state index in [1.807, 2.05) is 0 Å². The van der Waals surface area contributed by atoms with Gasteiger partial charge in [-0.2, -0.15) is 0 Å². The summed E-state index contributed by atoms with van der Waals surface area (Å²) in [6.07, 6.45) is 2.96. The highest BCUT2D eigenvalue weighted by Crippen LogP contribution is 2.30. The maximum absolute atomic E-state index is 13.8. The van der Waals surface area contributed by atoms with Gasteiger partial charge in [0.25, 0.3) is 0 Å². The normalized spacial score (nSPS) is 23.8. The highest BCUT2D eigenvalue weighted by molar-refractivity contribution is 7.22. The van der Waals surface area contributed by atoms with Gasteiger partial charge >= 0.3 is 0 Å². The summed E-state index contributed by atoms with van der Waals surface area (Å²) in [5.74, 6) is -1.53. The molecule has 0 aliphatic carbocycles. The number of anilines is 1. The minimum absolute atomic E-state index is 0. The first-order valence-electron chi connectivity index (χ1n) is 8.61. The van der Waals surface area contributed by atoms with Crippen LogP contribution in [0, 0.1) is 17.6 Å². The zero-order valence-electron chi connectivity index (χ0n) is 14.1. The zero-order chi connectivity index (χ0) is 17.4. The van der Waals surface area contributed by atoms with E-state index in [0.29, 0.717) is 15.9 Å². The number of benzene rings is 1. The van der Waals surface area contributed by atoms with E-state index in [2.05, 4.69) is 20.5 Å². The maximum Gasteiger partial charge on any atom is 0.230 e. The minimum Gasteiger partial charge on any atom is -0.315 e. The van der Waals surface area contributed by atoms with E-state index >= 15 is 0 Å². The summed E-state index contributed by atoms with van der Waals surface area (Å²) >= 11 is 1.10. The lowest BCUT2D eigenvalue weighted by atomic mass is 9.95. The summed E-state index contributed by atoms with van der Waals surface area (Å²) in [5, 5.41) is 6.48. The molecule has 2 saturated heterocycles. The van der Waals surface area contributed by atoms with Crippen molar-refractivity contribution in [2.24, 2.45) is 5.92 Å². The second kappa shape index (κ2) is 8.12. The van der Waals surface area contributed by atoms with Gasteiger partial charge in [0.05, 0.1) is 10.6 Å². The molecule has 1 aromatic carbocycles. The Morgan fingerprint density at radius 1 is 1.35 bits per heavy atom. The average molecular weight is 403 g/mol. The Morgan fingerprint density at radius 3 is 2.96 bits per heavy atom. The first-order valence-corrected chi connectivity index (χ1v) is 9.43. The average Bonchev–Trinajstić information content (AvgIpc) is 3.24. The van der Waals surface area contributed by atoms with Crippen LogP contribution in [-0.4, -0.2) is 48.0 Å². The molecule has 2 N–H and O–H groups in total. The van der Waals surface area contributed by atoms with E-state index in [-0.39, 0.29) is 29.7 Å². The fourth-order valence-corrected chi connectivity index (χ4v) is 4.63. The van der Waals surface area contributed by atoms with Crippen LogP contribution in [0.5, 0.6) is 0 Å². The molecule has 3 heterocycles. The number of rotatable bonds is 3. The largest absolute Gasteiger partial charge is 0.315 e. The Labute approximate surface area is 160 Å². The number of carbonyl (C=O) groups excluding carboxylic acids is 1. The zero-order valence-corrected chi connectivity index (χ0v) is 15.8. The summed E-state index contributed by atoms with van der Waals surface area (Å²) in [6.45, 7) is 3.79. The van der Waals surface area contributed by atoms with Gasteiger partial charge in [0.2, 0.25) is 5.91 Å². The second-order valence-electron chi connectivity index (χ2n) is 6.72. The number of likely N-dealkylation sites (tertiary alicyclic amines) is 1. The summed E-state index contributed by atoms with van der Waals surface area (Å²) < 4.78 is 27.4. The molecule has 2 unspecified atom stereocenters. The predicted octanol–water partition coefficient (Wildman–Crippen LogP) is 3.01. The molecule has 5 nitrogen and oxygen atoms in total. The van der Waals surface area contributed by atoms with E-state index in [9.17, 15) is 13.6 Å². The Hall–Kier alpha value is -1.35. The second-order valence-corrected chi connectivity index (χ2v) is 7.75. The van der Waals surface area contributed by atoms with Crippen molar-refractivity contribution in [1.29, 1.82) is 0 Å². The van der Waals surface area contributed by atoms with Crippen LogP contribution >= 0.6 is 23.7 Å². The molecule has 9 heteroatoms. The minimum atomic E-state index is -0.704. The number of carbonyl (C=O) groups is 1. The van der Waals surface area contributed by atoms with Crippen molar-refractivity contribution in [2.75, 3.05) is 31.5 Å². The van der Waals surface area contributed by atoms with Crippen LogP contribution in [0.3, 0.4) is 0 Å². The lowest BCUT2D eigenvalue weighted by Crippen LogP contribution is -2.46. The number of hydrogen-bond acceptors (Lipinski definition) is 5. The van der Waals surface area contributed by atoms with Gasteiger partial charge in [-0.05, 0) is 38.4 Å². The predicted molar refractivity (Wildman–Crippen MR) is 101 cm³/mol. The number of amides is 1. The van der Waals surface area contributed by atoms with E-state index < -0.39 is 11.6 Å². The number of halogens is 3. The molecule has 4 rings (SSSR count). The van der Waals surface area contributed by atoms with Gasteiger partial charge in [-0.1, -0.05) is 11.3 Å². The smallest absolute Gasteiger partial charge is 0.230 e. The molecule has 0 radical (unpaired) electrons. The van der Waals surface area contributed by atoms with Crippen LogP contribution in [0.15, 0.2) is 12.1 Å². The quantitative estimate of drug-likeness (QED) is 0.828. The maximum atomic E-state index is 13.8. The van der Waals surface area contributed by atoms with Gasteiger partial charge in [0, 0.05) is 25.2 Å². The Bertz CT molecular complexity index is 796. The van der Waals surface area contributed by atoms with Gasteiger partial charge in [-0.25, -0.2) is 13.8 Å². The fraction of sp³-hybridized carbons (Fsp3) is 0.529. The molecule has 2 aliphatic rings. The van der Waals surface area contributed by atoms with Gasteiger partial charge in [-0.3, -0.25) is 9.69 Å². The molecule has 26 heavy (non-hydrogen) atoms. The highest BCUT2D eigenvalue weighted by atomic mass is 35.5. The molecule has 0 spiro atoms. The third-order valence-corrected chi connectivity index (χ3v) is 5.94. The summed E-state index contributed by atoms with van der Waals surface area (Å²) in [6, 6.07) is 2.55. The van der Waals surface area contributed by atoms with Crippen molar-refractivity contribution in [1.82, 2.24) is 15.2 Å². The number of fused-ring (bicyclic) bond motifs is 1. The number of aromatic nitrogens is 1. The van der Waals surface area contributed by atoms with Crippen LogP contribution in [0.1, 0.15) is 19.3 Å². The molecule has 2 fully saturated rings. The van der Waals surface area contributed by atoms with Crippen molar-refractivity contribution in [3.8, 4) is 0 Å². The topological polar surface area (TPSA) is 57.3 Å². The van der Waals surface area contributed by atoms with Crippen molar-refractivity contribution >= 4 is 45.0 Å². The van der Waals surface area contributed by atoms with Crippen LogP contribution in [0.25, 0.3) is 10.2 Å². The van der Waals surface area contributed by atoms with Crippen LogP contribution in [0.2, 0.25) is 0 Å². The molecule has 1 aromatic heterocycles. The highest BCUT2D eigenvalue weighted by Gasteiger charge is 2.31. The van der Waals surface area contributed by atoms with Crippen LogP contribution in [-0.2, 0) is 4.79 Å². The van der Waals surface area contributed by atoms with E-state index in [4.69, 9.17) is 0 Å². The first kappa shape index (κ1) is 19.4. The lowest BCUT2D eigenvalue weighted by molar-refractivity contribution is -0.121. The molecule has 2 aromatic rings. The van der Waals surface area contributed by atoms with Gasteiger partial charge in [0.1, 0.15) is 11.3 Å². The van der Waals surface area contributed by atoms with Crippen LogP contribution < -0.4 is 10.6 Å². The molecule has 142 valence electrons. The van der Waals surface area contributed by atoms with Gasteiger partial charge in [0.15, 0.2) is 10.9 Å². The first-order chi connectivity index (χ1) is 12.1. The number of thiazole rings is 1. The molecule has 1 amide bonds. The third kappa shape index (κ3) is 3.98. The number of hydrogen-bond donors (Lipinski definition) is 2. The van der Waals surface area contributed by atoms with Crippen molar-refractivity contribution in [3.05, 3.63) is 23.8 Å². The van der Waals surface area contributed by atoms with Crippen molar-refractivity contribution in [3.63, 3.8) is 0 Å². The molecular formula is C17H21ClF2N4OS. The molecule has 0 bridgehead atoms. The molecule has 2 atom stereocenters. The summed E-state index contributed by atoms with van der Waals surface area (Å²) in [7, 11) is 0. The molecule has 2 aliphatic heterocycles. The third-order valence-electron chi connectivity index (χ3n) is 5.02. The van der Waals surface area contributed by atoms with Crippen molar-refractivity contribution < 1.29 is 13.6 Å².